The third-order valence-corrected chi connectivity index (χ3v) is 3.95. The molecule has 110 valence electrons. The highest BCUT2D eigenvalue weighted by Gasteiger charge is 2.15. The minimum Gasteiger partial charge on any atom is -0.378 e. The number of hydrogen-bond acceptors (Lipinski definition) is 3. The van der Waals surface area contributed by atoms with Crippen LogP contribution in [0.2, 0.25) is 0 Å². The van der Waals surface area contributed by atoms with Gasteiger partial charge >= 0.3 is 0 Å². The molecule has 1 N–H and O–H groups in total. The van der Waals surface area contributed by atoms with Gasteiger partial charge in [-0.05, 0) is 50.1 Å². The van der Waals surface area contributed by atoms with Crippen molar-refractivity contribution in [3.63, 3.8) is 0 Å². The molecule has 0 saturated heterocycles. The monoisotopic (exact) mass is 348 g/mol. The molecule has 0 saturated carbocycles. The van der Waals surface area contributed by atoms with Gasteiger partial charge in [0.05, 0.1) is 4.92 Å². The first-order valence-corrected chi connectivity index (χ1v) is 7.45. The molecule has 2 rings (SSSR count). The molecule has 0 aliphatic rings. The van der Waals surface area contributed by atoms with Crippen molar-refractivity contribution in [3.05, 3.63) is 67.7 Å². The Balaban J connectivity index is 2.31. The van der Waals surface area contributed by atoms with E-state index >= 15 is 0 Å². The maximum absolute atomic E-state index is 11.1. The number of halogens is 1. The molecule has 2 aromatic rings. The van der Waals surface area contributed by atoms with Crippen molar-refractivity contribution < 1.29 is 4.92 Å². The molecule has 1 unspecified atom stereocenters. The van der Waals surface area contributed by atoms with Gasteiger partial charge in [-0.3, -0.25) is 10.1 Å². The summed E-state index contributed by atoms with van der Waals surface area (Å²) in [7, 11) is 0. The third-order valence-electron chi connectivity index (χ3n) is 3.46. The fourth-order valence-electron chi connectivity index (χ4n) is 2.29. The predicted molar refractivity (Wildman–Crippen MR) is 88.8 cm³/mol. The quantitative estimate of drug-likeness (QED) is 0.614. The number of hydrogen-bond donors (Lipinski definition) is 1. The number of nitrogens with zero attached hydrogens (tertiary/aromatic N) is 1. The highest BCUT2D eigenvalue weighted by molar-refractivity contribution is 9.10. The highest BCUT2D eigenvalue weighted by atomic mass is 79.9. The van der Waals surface area contributed by atoms with Crippen LogP contribution in [-0.4, -0.2) is 4.92 Å². The zero-order valence-corrected chi connectivity index (χ0v) is 13.8. The third kappa shape index (κ3) is 3.61. The first-order valence-electron chi connectivity index (χ1n) is 6.66. The van der Waals surface area contributed by atoms with Gasteiger partial charge in [0.15, 0.2) is 0 Å². The Hall–Kier alpha value is -1.88. The smallest absolute Gasteiger partial charge is 0.274 e. The lowest BCUT2D eigenvalue weighted by atomic mass is 10.1. The van der Waals surface area contributed by atoms with Crippen LogP contribution in [0.4, 0.5) is 11.4 Å². The first kappa shape index (κ1) is 15.5. The second-order valence-electron chi connectivity index (χ2n) is 5.13. The first-order chi connectivity index (χ1) is 9.88. The van der Waals surface area contributed by atoms with E-state index in [9.17, 15) is 10.1 Å². The summed E-state index contributed by atoms with van der Waals surface area (Å²) in [6.45, 7) is 5.74. The molecule has 0 aliphatic carbocycles. The zero-order chi connectivity index (χ0) is 15.6. The van der Waals surface area contributed by atoms with Crippen LogP contribution in [0, 0.1) is 24.0 Å². The molecule has 0 bridgehead atoms. The Morgan fingerprint density at radius 2 is 1.90 bits per heavy atom. The molecular weight excluding hydrogens is 332 g/mol. The van der Waals surface area contributed by atoms with Crippen molar-refractivity contribution in [2.24, 2.45) is 0 Å². The van der Waals surface area contributed by atoms with Crippen molar-refractivity contribution >= 4 is 27.3 Å². The number of benzene rings is 2. The lowest BCUT2D eigenvalue weighted by molar-refractivity contribution is -0.385. The lowest BCUT2D eigenvalue weighted by Gasteiger charge is -2.18. The topological polar surface area (TPSA) is 55.2 Å². The normalized spacial score (nSPS) is 12.0. The number of aryl methyl sites for hydroxylation is 2. The summed E-state index contributed by atoms with van der Waals surface area (Å²) in [4.78, 5) is 10.7. The average Bonchev–Trinajstić information content (AvgIpc) is 2.41. The van der Waals surface area contributed by atoms with E-state index in [1.165, 1.54) is 0 Å². The van der Waals surface area contributed by atoms with E-state index in [1.807, 2.05) is 44.2 Å². The molecule has 0 aromatic heterocycles. The van der Waals surface area contributed by atoms with Gasteiger partial charge in [-0.25, -0.2) is 0 Å². The average molecular weight is 349 g/mol. The van der Waals surface area contributed by atoms with Gasteiger partial charge in [-0.1, -0.05) is 28.1 Å². The van der Waals surface area contributed by atoms with E-state index in [4.69, 9.17) is 0 Å². The molecule has 0 radical (unpaired) electrons. The van der Waals surface area contributed by atoms with Gasteiger partial charge in [-0.15, -0.1) is 0 Å². The summed E-state index contributed by atoms with van der Waals surface area (Å²) >= 11 is 3.45. The Morgan fingerprint density at radius 1 is 1.19 bits per heavy atom. The number of rotatable bonds is 4. The van der Waals surface area contributed by atoms with Crippen molar-refractivity contribution in [1.29, 1.82) is 0 Å². The van der Waals surface area contributed by atoms with Gasteiger partial charge in [0, 0.05) is 27.8 Å². The van der Waals surface area contributed by atoms with E-state index in [2.05, 4.69) is 21.2 Å². The fourth-order valence-corrected chi connectivity index (χ4v) is 2.70. The lowest BCUT2D eigenvalue weighted by Crippen LogP contribution is -2.08. The predicted octanol–water partition coefficient (Wildman–Crippen LogP) is 5.15. The molecular formula is C16H17BrN2O2. The largest absolute Gasteiger partial charge is 0.378 e. The molecule has 21 heavy (non-hydrogen) atoms. The Bertz CT molecular complexity index is 686. The molecule has 4 nitrogen and oxygen atoms in total. The molecule has 1 atom stereocenters. The van der Waals surface area contributed by atoms with Crippen LogP contribution in [0.25, 0.3) is 0 Å². The van der Waals surface area contributed by atoms with Crippen LogP contribution in [0.3, 0.4) is 0 Å². The molecule has 5 heteroatoms. The number of anilines is 1. The van der Waals surface area contributed by atoms with Gasteiger partial charge in [-0.2, -0.15) is 0 Å². The zero-order valence-electron chi connectivity index (χ0n) is 12.2. The molecule has 0 aliphatic heterocycles. The molecule has 0 amide bonds. The second-order valence-corrected chi connectivity index (χ2v) is 6.05. The summed E-state index contributed by atoms with van der Waals surface area (Å²) in [6.07, 6.45) is 0. The Kier molecular flexibility index (Phi) is 4.63. The highest BCUT2D eigenvalue weighted by Crippen LogP contribution is 2.29. The number of nitrogens with one attached hydrogen (secondary N) is 1. The maximum Gasteiger partial charge on any atom is 0.274 e. The van der Waals surface area contributed by atoms with Crippen LogP contribution < -0.4 is 5.32 Å². The number of nitro groups is 1. The van der Waals surface area contributed by atoms with E-state index in [0.717, 1.165) is 21.3 Å². The minimum absolute atomic E-state index is 0.0588. The second kappa shape index (κ2) is 6.26. The Labute approximate surface area is 132 Å². The summed E-state index contributed by atoms with van der Waals surface area (Å²) in [5.41, 5.74) is 3.73. The van der Waals surface area contributed by atoms with Crippen LogP contribution in [0.1, 0.15) is 29.7 Å². The van der Waals surface area contributed by atoms with Gasteiger partial charge in [0.2, 0.25) is 0 Å². The van der Waals surface area contributed by atoms with Gasteiger partial charge in [0.25, 0.3) is 5.69 Å². The molecule has 0 spiro atoms. The fraction of sp³-hybridized carbons (Fsp3) is 0.250. The number of nitro benzene ring substituents is 1. The Morgan fingerprint density at radius 3 is 2.52 bits per heavy atom. The van der Waals surface area contributed by atoms with Crippen molar-refractivity contribution in [2.75, 3.05) is 5.32 Å². The van der Waals surface area contributed by atoms with Gasteiger partial charge in [0.1, 0.15) is 0 Å². The molecule has 2 aromatic carbocycles. The standard InChI is InChI=1S/C16H17BrN2O2/c1-10-7-11(2)16(19(20)21)9-15(10)18-12(3)13-5-4-6-14(17)8-13/h4-9,12,18H,1-3H3. The van der Waals surface area contributed by atoms with E-state index in [1.54, 1.807) is 13.0 Å². The SMILES string of the molecule is Cc1cc(C)c([N+](=O)[O-])cc1NC(C)c1cccc(Br)c1. The molecule has 0 heterocycles. The van der Waals surface area contributed by atoms with E-state index < -0.39 is 0 Å². The minimum atomic E-state index is -0.344. The van der Waals surface area contributed by atoms with Crippen molar-refractivity contribution in [2.45, 2.75) is 26.8 Å². The van der Waals surface area contributed by atoms with Crippen LogP contribution >= 0.6 is 15.9 Å². The van der Waals surface area contributed by atoms with Crippen molar-refractivity contribution in [1.82, 2.24) is 0 Å². The summed E-state index contributed by atoms with van der Waals surface area (Å²) in [6, 6.07) is 11.5. The molecule has 0 fully saturated rings. The summed E-state index contributed by atoms with van der Waals surface area (Å²) < 4.78 is 1.01. The van der Waals surface area contributed by atoms with Crippen LogP contribution in [0.15, 0.2) is 40.9 Å². The van der Waals surface area contributed by atoms with Crippen LogP contribution in [0.5, 0.6) is 0 Å². The van der Waals surface area contributed by atoms with E-state index in [-0.39, 0.29) is 16.7 Å². The summed E-state index contributed by atoms with van der Waals surface area (Å²) in [5, 5.41) is 14.4. The summed E-state index contributed by atoms with van der Waals surface area (Å²) in [5.74, 6) is 0. The van der Waals surface area contributed by atoms with E-state index in [0.29, 0.717) is 5.56 Å². The van der Waals surface area contributed by atoms with Gasteiger partial charge < -0.3 is 5.32 Å². The maximum atomic E-state index is 11.1. The van der Waals surface area contributed by atoms with Crippen LogP contribution in [-0.2, 0) is 0 Å². The van der Waals surface area contributed by atoms with Crippen molar-refractivity contribution in [3.8, 4) is 0 Å².